The number of anilines is 1. The molecule has 0 radical (unpaired) electrons. The lowest BCUT2D eigenvalue weighted by Crippen LogP contribution is -2.33. The predicted octanol–water partition coefficient (Wildman–Crippen LogP) is 3.85. The van der Waals surface area contributed by atoms with Crippen molar-refractivity contribution in [3.8, 4) is 6.07 Å². The summed E-state index contributed by atoms with van der Waals surface area (Å²) in [6, 6.07) is 13.8. The molecule has 5 nitrogen and oxygen atoms in total. The van der Waals surface area contributed by atoms with E-state index in [0.29, 0.717) is 17.1 Å². The zero-order valence-electron chi connectivity index (χ0n) is 14.3. The van der Waals surface area contributed by atoms with E-state index in [0.717, 1.165) is 11.3 Å². The summed E-state index contributed by atoms with van der Waals surface area (Å²) in [5.74, 6) is 0. The van der Waals surface area contributed by atoms with Crippen molar-refractivity contribution in [1.82, 2.24) is 4.31 Å². The summed E-state index contributed by atoms with van der Waals surface area (Å²) in [6.45, 7) is 4.18. The fraction of sp³-hybridized carbons (Fsp3) is 0.278. The summed E-state index contributed by atoms with van der Waals surface area (Å²) in [5.41, 5.74) is 2.16. The van der Waals surface area contributed by atoms with Crippen LogP contribution in [0.4, 0.5) is 5.69 Å². The van der Waals surface area contributed by atoms with Gasteiger partial charge in [0.1, 0.15) is 6.07 Å². The largest absolute Gasteiger partial charge is 0.381 e. The number of nitrogens with zero attached hydrogens (tertiary/aromatic N) is 2. The summed E-state index contributed by atoms with van der Waals surface area (Å²) in [5, 5.41) is 12.5. The van der Waals surface area contributed by atoms with Crippen LogP contribution in [0.25, 0.3) is 0 Å². The van der Waals surface area contributed by atoms with E-state index in [1.807, 2.05) is 19.9 Å². The minimum absolute atomic E-state index is 0.104. The van der Waals surface area contributed by atoms with E-state index in [2.05, 4.69) is 5.32 Å². The molecule has 0 unspecified atom stereocenters. The second-order valence-corrected chi connectivity index (χ2v) is 8.32. The molecule has 25 heavy (non-hydrogen) atoms. The molecule has 0 aliphatic heterocycles. The Labute approximate surface area is 153 Å². The molecular weight excluding hydrogens is 358 g/mol. The van der Waals surface area contributed by atoms with Gasteiger partial charge in [-0.1, -0.05) is 23.7 Å². The summed E-state index contributed by atoms with van der Waals surface area (Å²) in [4.78, 5) is 0.272. The average Bonchev–Trinajstić information content (AvgIpc) is 2.59. The fourth-order valence-corrected chi connectivity index (χ4v) is 3.73. The van der Waals surface area contributed by atoms with Crippen molar-refractivity contribution in [1.29, 1.82) is 5.26 Å². The first-order chi connectivity index (χ1) is 11.8. The molecule has 0 amide bonds. The third-order valence-corrected chi connectivity index (χ3v) is 6.27. The molecule has 0 saturated carbocycles. The molecule has 0 bridgehead atoms. The predicted molar refractivity (Wildman–Crippen MR) is 100 cm³/mol. The van der Waals surface area contributed by atoms with E-state index in [-0.39, 0.29) is 10.9 Å². The zero-order chi connectivity index (χ0) is 18.6. The molecule has 0 fully saturated rings. The van der Waals surface area contributed by atoms with Crippen LogP contribution < -0.4 is 5.32 Å². The van der Waals surface area contributed by atoms with Gasteiger partial charge in [-0.3, -0.25) is 0 Å². The number of halogens is 1. The van der Waals surface area contributed by atoms with E-state index < -0.39 is 10.0 Å². The first-order valence-electron chi connectivity index (χ1n) is 7.76. The Morgan fingerprint density at radius 3 is 2.36 bits per heavy atom. The van der Waals surface area contributed by atoms with Gasteiger partial charge < -0.3 is 5.32 Å². The van der Waals surface area contributed by atoms with Gasteiger partial charge in [0.2, 0.25) is 10.0 Å². The molecule has 0 saturated heterocycles. The van der Waals surface area contributed by atoms with Crippen molar-refractivity contribution in [3.05, 3.63) is 58.6 Å². The van der Waals surface area contributed by atoms with E-state index in [9.17, 15) is 8.42 Å². The van der Waals surface area contributed by atoms with Crippen molar-refractivity contribution in [3.63, 3.8) is 0 Å². The zero-order valence-corrected chi connectivity index (χ0v) is 15.9. The van der Waals surface area contributed by atoms with Gasteiger partial charge >= 0.3 is 0 Å². The summed E-state index contributed by atoms with van der Waals surface area (Å²) < 4.78 is 26.2. The van der Waals surface area contributed by atoms with Crippen molar-refractivity contribution in [2.45, 2.75) is 31.3 Å². The Morgan fingerprint density at radius 1 is 1.20 bits per heavy atom. The van der Waals surface area contributed by atoms with E-state index in [4.69, 9.17) is 16.9 Å². The first-order valence-corrected chi connectivity index (χ1v) is 9.58. The van der Waals surface area contributed by atoms with Crippen molar-refractivity contribution < 1.29 is 8.42 Å². The van der Waals surface area contributed by atoms with Gasteiger partial charge in [-0.05, 0) is 49.7 Å². The van der Waals surface area contributed by atoms with E-state index in [1.165, 1.54) is 4.31 Å². The van der Waals surface area contributed by atoms with Crippen LogP contribution in [-0.2, 0) is 16.6 Å². The topological polar surface area (TPSA) is 73.2 Å². The van der Waals surface area contributed by atoms with Crippen LogP contribution in [0, 0.1) is 11.3 Å². The van der Waals surface area contributed by atoms with Gasteiger partial charge in [-0.15, -0.1) is 0 Å². The lowest BCUT2D eigenvalue weighted by Gasteiger charge is -2.21. The fourth-order valence-electron chi connectivity index (χ4n) is 2.14. The number of nitriles is 1. The van der Waals surface area contributed by atoms with Gasteiger partial charge in [0.05, 0.1) is 15.5 Å². The highest BCUT2D eigenvalue weighted by molar-refractivity contribution is 7.89. The van der Waals surface area contributed by atoms with Crippen LogP contribution >= 0.6 is 11.6 Å². The van der Waals surface area contributed by atoms with Crippen LogP contribution in [0.5, 0.6) is 0 Å². The summed E-state index contributed by atoms with van der Waals surface area (Å²) in [7, 11) is -1.90. The van der Waals surface area contributed by atoms with Gasteiger partial charge in [-0.2, -0.15) is 9.57 Å². The minimum Gasteiger partial charge on any atom is -0.381 e. The highest BCUT2D eigenvalue weighted by Gasteiger charge is 2.22. The Balaban J connectivity index is 2.08. The molecule has 1 N–H and O–H groups in total. The Hall–Kier alpha value is -2.07. The monoisotopic (exact) mass is 377 g/mol. The smallest absolute Gasteiger partial charge is 0.243 e. The molecular formula is C18H20ClN3O2S. The lowest BCUT2D eigenvalue weighted by molar-refractivity contribution is 0.410. The molecule has 2 aromatic carbocycles. The van der Waals surface area contributed by atoms with Crippen molar-refractivity contribution in [2.24, 2.45) is 0 Å². The molecule has 7 heteroatoms. The van der Waals surface area contributed by atoms with Gasteiger partial charge in [0.15, 0.2) is 0 Å². The second kappa shape index (κ2) is 7.87. The molecule has 0 aliphatic rings. The molecule has 132 valence electrons. The van der Waals surface area contributed by atoms with Crippen LogP contribution in [0.15, 0.2) is 47.4 Å². The Morgan fingerprint density at radius 2 is 1.84 bits per heavy atom. The van der Waals surface area contributed by atoms with E-state index in [1.54, 1.807) is 49.5 Å². The van der Waals surface area contributed by atoms with Crippen LogP contribution in [0.2, 0.25) is 5.02 Å². The SMILES string of the molecule is CC(C)N(C)S(=O)(=O)c1ccc(CNc2ccc(C#N)c(Cl)c2)cc1. The van der Waals surface area contributed by atoms with Crippen molar-refractivity contribution in [2.75, 3.05) is 12.4 Å². The highest BCUT2D eigenvalue weighted by atomic mass is 35.5. The Bertz CT molecular complexity index is 888. The normalized spacial score (nSPS) is 11.6. The van der Waals surface area contributed by atoms with Crippen molar-refractivity contribution >= 4 is 27.3 Å². The third-order valence-electron chi connectivity index (χ3n) is 3.91. The number of rotatable bonds is 6. The standard InChI is InChI=1S/C18H20ClN3O2S/c1-13(2)22(3)25(23,24)17-8-4-14(5-9-17)12-21-16-7-6-15(11-20)18(19)10-16/h4-10,13,21H,12H2,1-3H3. The number of benzene rings is 2. The Kier molecular flexibility index (Phi) is 6.07. The molecule has 0 heterocycles. The van der Waals surface area contributed by atoms with Crippen LogP contribution in [-0.4, -0.2) is 25.8 Å². The summed E-state index contributed by atoms with van der Waals surface area (Å²) >= 11 is 6.00. The quantitative estimate of drug-likeness (QED) is 0.829. The molecule has 0 aliphatic carbocycles. The third kappa shape index (κ3) is 4.51. The second-order valence-electron chi connectivity index (χ2n) is 5.92. The molecule has 0 atom stereocenters. The maximum absolute atomic E-state index is 12.4. The van der Waals surface area contributed by atoms with Gasteiger partial charge in [-0.25, -0.2) is 8.42 Å². The lowest BCUT2D eigenvalue weighted by atomic mass is 10.2. The number of nitrogens with one attached hydrogen (secondary N) is 1. The van der Waals surface area contributed by atoms with Crippen LogP contribution in [0.1, 0.15) is 25.0 Å². The van der Waals surface area contributed by atoms with Crippen LogP contribution in [0.3, 0.4) is 0 Å². The molecule has 0 spiro atoms. The minimum atomic E-state index is -3.47. The van der Waals surface area contributed by atoms with Gasteiger partial charge in [0, 0.05) is 25.3 Å². The highest BCUT2D eigenvalue weighted by Crippen LogP contribution is 2.21. The number of sulfonamides is 1. The molecule has 2 aromatic rings. The first kappa shape index (κ1) is 19.3. The molecule has 2 rings (SSSR count). The van der Waals surface area contributed by atoms with Gasteiger partial charge in [0.25, 0.3) is 0 Å². The summed E-state index contributed by atoms with van der Waals surface area (Å²) in [6.07, 6.45) is 0. The maximum atomic E-state index is 12.4. The number of hydrogen-bond acceptors (Lipinski definition) is 4. The number of hydrogen-bond donors (Lipinski definition) is 1. The van der Waals surface area contributed by atoms with E-state index >= 15 is 0 Å². The molecule has 0 aromatic heterocycles. The maximum Gasteiger partial charge on any atom is 0.243 e. The average molecular weight is 378 g/mol.